The van der Waals surface area contributed by atoms with Crippen molar-refractivity contribution >= 4 is 11.8 Å². The molecule has 0 spiro atoms. The van der Waals surface area contributed by atoms with E-state index in [4.69, 9.17) is 0 Å². The maximum atomic E-state index is 11.7. The van der Waals surface area contributed by atoms with Gasteiger partial charge < -0.3 is 4.48 Å². The minimum absolute atomic E-state index is 0.00578. The normalized spacial score (nSPS) is 22.4. The van der Waals surface area contributed by atoms with Crippen LogP contribution in [0.3, 0.4) is 0 Å². The molecular formula is C12H23N2O2+. The largest absolute Gasteiger partial charge is 0.325 e. The third-order valence-electron chi connectivity index (χ3n) is 3.77. The average molecular weight is 227 g/mol. The van der Waals surface area contributed by atoms with Crippen LogP contribution in [-0.2, 0) is 9.59 Å². The van der Waals surface area contributed by atoms with Crippen molar-refractivity contribution in [3.63, 3.8) is 0 Å². The summed E-state index contributed by atoms with van der Waals surface area (Å²) in [6, 6.07) is 0.491. The molecule has 0 aromatic heterocycles. The maximum Gasteiger partial charge on any atom is 0.232 e. The summed E-state index contributed by atoms with van der Waals surface area (Å²) in [6.07, 6.45) is 0.383. The van der Waals surface area contributed by atoms with Crippen molar-refractivity contribution in [2.75, 3.05) is 27.2 Å². The van der Waals surface area contributed by atoms with E-state index in [1.165, 1.54) is 4.90 Å². The molecule has 16 heavy (non-hydrogen) atoms. The van der Waals surface area contributed by atoms with E-state index in [2.05, 4.69) is 27.9 Å². The molecule has 0 saturated carbocycles. The van der Waals surface area contributed by atoms with E-state index in [0.717, 1.165) is 11.0 Å². The van der Waals surface area contributed by atoms with Crippen molar-refractivity contribution in [1.29, 1.82) is 0 Å². The number of likely N-dealkylation sites (N-methyl/N-ethyl adjacent to an activating group) is 1. The van der Waals surface area contributed by atoms with Gasteiger partial charge in [0.1, 0.15) is 0 Å². The Labute approximate surface area is 97.8 Å². The number of carbonyl (C=O) groups is 2. The van der Waals surface area contributed by atoms with Gasteiger partial charge >= 0.3 is 0 Å². The standard InChI is InChI=1S/C12H23N2O2/c1-9(2)14(4,5)7-6-13-11(15)8-10(3)12(13)16/h9-10H,6-8H2,1-5H3/q+1. The number of rotatable bonds is 4. The van der Waals surface area contributed by atoms with Crippen molar-refractivity contribution in [2.45, 2.75) is 33.2 Å². The monoisotopic (exact) mass is 227 g/mol. The van der Waals surface area contributed by atoms with Gasteiger partial charge in [0.05, 0.1) is 33.2 Å². The predicted octanol–water partition coefficient (Wildman–Crippen LogP) is 0.866. The number of amides is 2. The highest BCUT2D eigenvalue weighted by atomic mass is 16.2. The smallest absolute Gasteiger partial charge is 0.232 e. The van der Waals surface area contributed by atoms with Crippen molar-refractivity contribution in [3.05, 3.63) is 0 Å². The van der Waals surface area contributed by atoms with Crippen LogP contribution in [0.25, 0.3) is 0 Å². The zero-order chi connectivity index (χ0) is 12.5. The molecule has 0 aromatic carbocycles. The predicted molar refractivity (Wildman–Crippen MR) is 62.6 cm³/mol. The van der Waals surface area contributed by atoms with Gasteiger partial charge in [0, 0.05) is 12.3 Å². The third-order valence-corrected chi connectivity index (χ3v) is 3.77. The van der Waals surface area contributed by atoms with E-state index in [0.29, 0.717) is 19.0 Å². The summed E-state index contributed by atoms with van der Waals surface area (Å²) in [4.78, 5) is 24.7. The first-order valence-corrected chi connectivity index (χ1v) is 5.92. The molecule has 1 rings (SSSR count). The number of carbonyl (C=O) groups excluding carboxylic acids is 2. The van der Waals surface area contributed by atoms with Crippen molar-refractivity contribution in [1.82, 2.24) is 4.90 Å². The second-order valence-corrected chi connectivity index (χ2v) is 5.58. The summed E-state index contributed by atoms with van der Waals surface area (Å²) in [5.41, 5.74) is 0. The summed E-state index contributed by atoms with van der Waals surface area (Å²) in [6.45, 7) is 7.49. The molecule has 0 bridgehead atoms. The molecule has 1 atom stereocenters. The lowest BCUT2D eigenvalue weighted by Gasteiger charge is -2.35. The minimum atomic E-state index is -0.123. The van der Waals surface area contributed by atoms with Crippen LogP contribution >= 0.6 is 0 Å². The van der Waals surface area contributed by atoms with Crippen LogP contribution in [0.15, 0.2) is 0 Å². The second kappa shape index (κ2) is 4.53. The van der Waals surface area contributed by atoms with Crippen LogP contribution in [0.2, 0.25) is 0 Å². The molecule has 0 aromatic rings. The molecule has 1 aliphatic heterocycles. The Balaban J connectivity index is 2.56. The van der Waals surface area contributed by atoms with E-state index in [1.54, 1.807) is 0 Å². The van der Waals surface area contributed by atoms with Crippen molar-refractivity contribution in [3.8, 4) is 0 Å². The van der Waals surface area contributed by atoms with Crippen LogP contribution in [0, 0.1) is 5.92 Å². The second-order valence-electron chi connectivity index (χ2n) is 5.58. The summed E-state index contributed by atoms with van der Waals surface area (Å²) in [7, 11) is 4.25. The lowest BCUT2D eigenvalue weighted by Crippen LogP contribution is -2.50. The van der Waals surface area contributed by atoms with E-state index in [1.807, 2.05) is 6.92 Å². The van der Waals surface area contributed by atoms with Crippen LogP contribution < -0.4 is 0 Å². The lowest BCUT2D eigenvalue weighted by molar-refractivity contribution is -0.910. The molecule has 92 valence electrons. The van der Waals surface area contributed by atoms with Gasteiger partial charge in [-0.25, -0.2) is 0 Å². The zero-order valence-electron chi connectivity index (χ0n) is 11.0. The van der Waals surface area contributed by atoms with E-state index >= 15 is 0 Å². The maximum absolute atomic E-state index is 11.7. The topological polar surface area (TPSA) is 37.4 Å². The number of hydrogen-bond donors (Lipinski definition) is 0. The molecular weight excluding hydrogens is 204 g/mol. The summed E-state index contributed by atoms with van der Waals surface area (Å²) in [5, 5.41) is 0. The van der Waals surface area contributed by atoms with Crippen LogP contribution in [0.5, 0.6) is 0 Å². The third kappa shape index (κ3) is 2.61. The van der Waals surface area contributed by atoms with Crippen molar-refractivity contribution < 1.29 is 14.1 Å². The molecule has 0 aliphatic carbocycles. The molecule has 4 heteroatoms. The number of hydrogen-bond acceptors (Lipinski definition) is 2. The SMILES string of the molecule is CC1CC(=O)N(CC[N+](C)(C)C(C)C)C1=O. The fourth-order valence-electron chi connectivity index (χ4n) is 1.70. The van der Waals surface area contributed by atoms with Crippen molar-refractivity contribution in [2.24, 2.45) is 5.92 Å². The molecule has 4 nitrogen and oxygen atoms in total. The molecule has 1 fully saturated rings. The Morgan fingerprint density at radius 3 is 2.31 bits per heavy atom. The summed E-state index contributed by atoms with van der Waals surface area (Å²) >= 11 is 0. The van der Waals surface area contributed by atoms with Crippen LogP contribution in [0.4, 0.5) is 0 Å². The quantitative estimate of drug-likeness (QED) is 0.528. The summed E-state index contributed by atoms with van der Waals surface area (Å²) < 4.78 is 0.825. The first kappa shape index (κ1) is 13.2. The van der Waals surface area contributed by atoms with Gasteiger partial charge in [-0.15, -0.1) is 0 Å². The zero-order valence-corrected chi connectivity index (χ0v) is 11.0. The fraction of sp³-hybridized carbons (Fsp3) is 0.833. The number of nitrogens with zero attached hydrogens (tertiary/aromatic N) is 2. The van der Waals surface area contributed by atoms with Crippen LogP contribution in [0.1, 0.15) is 27.2 Å². The highest BCUT2D eigenvalue weighted by molar-refractivity contribution is 6.03. The Kier molecular flexibility index (Phi) is 3.73. The van der Waals surface area contributed by atoms with Gasteiger partial charge in [-0.3, -0.25) is 14.5 Å². The van der Waals surface area contributed by atoms with Gasteiger partial charge in [-0.2, -0.15) is 0 Å². The Bertz CT molecular complexity index is 297. The molecule has 1 saturated heterocycles. The van der Waals surface area contributed by atoms with Gasteiger partial charge in [0.15, 0.2) is 0 Å². The minimum Gasteiger partial charge on any atom is -0.325 e. The number of likely N-dealkylation sites (tertiary alicyclic amines) is 1. The van der Waals surface area contributed by atoms with Gasteiger partial charge in [-0.05, 0) is 13.8 Å². The molecule has 1 aliphatic rings. The Morgan fingerprint density at radius 1 is 1.38 bits per heavy atom. The van der Waals surface area contributed by atoms with Gasteiger partial charge in [0.25, 0.3) is 0 Å². The molecule has 2 amide bonds. The first-order chi connectivity index (χ1) is 7.25. The van der Waals surface area contributed by atoms with E-state index in [-0.39, 0.29) is 17.7 Å². The van der Waals surface area contributed by atoms with Crippen LogP contribution in [-0.4, -0.2) is 54.4 Å². The highest BCUT2D eigenvalue weighted by Gasteiger charge is 2.36. The number of quaternary nitrogens is 1. The molecule has 1 unspecified atom stereocenters. The van der Waals surface area contributed by atoms with Gasteiger partial charge in [0.2, 0.25) is 11.8 Å². The number of imide groups is 1. The Hall–Kier alpha value is -0.900. The Morgan fingerprint density at radius 2 is 1.94 bits per heavy atom. The summed E-state index contributed by atoms with van der Waals surface area (Å²) in [5.74, 6) is -0.142. The highest BCUT2D eigenvalue weighted by Crippen LogP contribution is 2.19. The van der Waals surface area contributed by atoms with E-state index in [9.17, 15) is 9.59 Å². The van der Waals surface area contributed by atoms with Gasteiger partial charge in [-0.1, -0.05) is 6.92 Å². The lowest BCUT2D eigenvalue weighted by atomic mass is 10.1. The average Bonchev–Trinajstić information content (AvgIpc) is 2.39. The molecule has 0 N–H and O–H groups in total. The van der Waals surface area contributed by atoms with E-state index < -0.39 is 0 Å². The molecule has 0 radical (unpaired) electrons. The fourth-order valence-corrected chi connectivity index (χ4v) is 1.70. The molecule has 1 heterocycles. The first-order valence-electron chi connectivity index (χ1n) is 5.92.